The van der Waals surface area contributed by atoms with Crippen LogP contribution in [-0.4, -0.2) is 36.5 Å². The van der Waals surface area contributed by atoms with Gasteiger partial charge >= 0.3 is 0 Å². The molecule has 142 valence electrons. The Morgan fingerprint density at radius 3 is 2.65 bits per heavy atom. The molecule has 0 bridgehead atoms. The summed E-state index contributed by atoms with van der Waals surface area (Å²) in [5.41, 5.74) is 1.76. The maximum absolute atomic E-state index is 11.9. The molecule has 7 nitrogen and oxygen atoms in total. The number of hydrogen-bond donors (Lipinski definition) is 3. The van der Waals surface area contributed by atoms with Crippen LogP contribution in [0.25, 0.3) is 0 Å². The monoisotopic (exact) mass is 471 g/mol. The van der Waals surface area contributed by atoms with Crippen LogP contribution in [0, 0.1) is 6.92 Å². The Kier molecular flexibility index (Phi) is 10.4. The van der Waals surface area contributed by atoms with Gasteiger partial charge in [-0.3, -0.25) is 9.78 Å². The topological polar surface area (TPSA) is 91.5 Å². The smallest absolute Gasteiger partial charge is 0.287 e. The standard InChI is InChI=1S/C18H25N5O2.HI/c1-3-19-18(23-13-15-7-4-5-9-20-15)22-11-6-10-21-17(24)16-14(2)8-12-25-16;/h4-5,7-9,12H,3,6,10-11,13H2,1-2H3,(H,21,24)(H2,19,22,23);1H. The molecular formula is C18H26IN5O2. The van der Waals surface area contributed by atoms with Gasteiger partial charge in [0.25, 0.3) is 5.91 Å². The number of nitrogens with zero attached hydrogens (tertiary/aromatic N) is 2. The zero-order valence-corrected chi connectivity index (χ0v) is 17.4. The van der Waals surface area contributed by atoms with Crippen molar-refractivity contribution in [1.29, 1.82) is 0 Å². The van der Waals surface area contributed by atoms with Gasteiger partial charge in [-0.2, -0.15) is 0 Å². The van der Waals surface area contributed by atoms with E-state index in [9.17, 15) is 4.79 Å². The van der Waals surface area contributed by atoms with Gasteiger partial charge in [-0.05, 0) is 38.5 Å². The lowest BCUT2D eigenvalue weighted by molar-refractivity contribution is 0.0925. The number of furan rings is 1. The number of carbonyl (C=O) groups is 1. The molecule has 0 atom stereocenters. The number of carbonyl (C=O) groups excluding carboxylic acids is 1. The highest BCUT2D eigenvalue weighted by Crippen LogP contribution is 2.07. The Labute approximate surface area is 171 Å². The molecule has 0 saturated carbocycles. The van der Waals surface area contributed by atoms with E-state index in [0.717, 1.165) is 30.2 Å². The average Bonchev–Trinajstić information content (AvgIpc) is 3.06. The number of aryl methyl sites for hydroxylation is 1. The SMILES string of the molecule is CCNC(=NCc1ccccn1)NCCCNC(=O)c1occc1C.I. The van der Waals surface area contributed by atoms with Crippen LogP contribution in [0.4, 0.5) is 0 Å². The molecule has 2 aromatic rings. The Morgan fingerprint density at radius 2 is 2.00 bits per heavy atom. The van der Waals surface area contributed by atoms with Crippen molar-refractivity contribution in [1.82, 2.24) is 20.9 Å². The maximum atomic E-state index is 11.9. The molecule has 0 aromatic carbocycles. The molecule has 2 heterocycles. The number of amides is 1. The number of nitrogens with one attached hydrogen (secondary N) is 3. The average molecular weight is 471 g/mol. The second-order valence-corrected chi connectivity index (χ2v) is 5.49. The largest absolute Gasteiger partial charge is 0.459 e. The van der Waals surface area contributed by atoms with Crippen molar-refractivity contribution < 1.29 is 9.21 Å². The molecule has 0 fully saturated rings. The summed E-state index contributed by atoms with van der Waals surface area (Å²) in [6.45, 7) is 6.43. The van der Waals surface area contributed by atoms with E-state index in [1.165, 1.54) is 6.26 Å². The molecule has 0 aliphatic heterocycles. The summed E-state index contributed by atoms with van der Waals surface area (Å²) in [6, 6.07) is 7.55. The number of guanidine groups is 1. The lowest BCUT2D eigenvalue weighted by Crippen LogP contribution is -2.38. The molecule has 0 saturated heterocycles. The third kappa shape index (κ3) is 7.42. The van der Waals surface area contributed by atoms with E-state index >= 15 is 0 Å². The summed E-state index contributed by atoms with van der Waals surface area (Å²) in [4.78, 5) is 20.7. The number of aliphatic imine (C=N–C) groups is 1. The highest BCUT2D eigenvalue weighted by atomic mass is 127. The molecule has 2 aromatic heterocycles. The first-order chi connectivity index (χ1) is 12.2. The summed E-state index contributed by atoms with van der Waals surface area (Å²) in [6.07, 6.45) is 4.06. The zero-order chi connectivity index (χ0) is 17.9. The number of hydrogen-bond acceptors (Lipinski definition) is 4. The van der Waals surface area contributed by atoms with Gasteiger partial charge in [-0.25, -0.2) is 4.99 Å². The van der Waals surface area contributed by atoms with Crippen LogP contribution in [0.3, 0.4) is 0 Å². The fourth-order valence-corrected chi connectivity index (χ4v) is 2.18. The van der Waals surface area contributed by atoms with Crippen LogP contribution >= 0.6 is 24.0 Å². The third-order valence-electron chi connectivity index (χ3n) is 3.47. The van der Waals surface area contributed by atoms with Gasteiger partial charge in [0.05, 0.1) is 18.5 Å². The van der Waals surface area contributed by atoms with E-state index in [1.54, 1.807) is 12.3 Å². The van der Waals surface area contributed by atoms with Gasteiger partial charge in [0.15, 0.2) is 11.7 Å². The molecule has 8 heteroatoms. The predicted octanol–water partition coefficient (Wildman–Crippen LogP) is 2.48. The Bertz CT molecular complexity index is 688. The number of halogens is 1. The minimum absolute atomic E-state index is 0. The van der Waals surface area contributed by atoms with Crippen LogP contribution in [0.1, 0.15) is 35.2 Å². The molecule has 0 unspecified atom stereocenters. The van der Waals surface area contributed by atoms with Crippen molar-refractivity contribution in [2.24, 2.45) is 4.99 Å². The van der Waals surface area contributed by atoms with E-state index in [4.69, 9.17) is 4.42 Å². The number of aromatic nitrogens is 1. The Balaban J connectivity index is 0.00000338. The van der Waals surface area contributed by atoms with Gasteiger partial charge in [-0.15, -0.1) is 24.0 Å². The molecule has 0 radical (unpaired) electrons. The van der Waals surface area contributed by atoms with Gasteiger partial charge in [0, 0.05) is 31.4 Å². The quantitative estimate of drug-likeness (QED) is 0.238. The zero-order valence-electron chi connectivity index (χ0n) is 15.1. The highest BCUT2D eigenvalue weighted by Gasteiger charge is 2.11. The summed E-state index contributed by atoms with van der Waals surface area (Å²) >= 11 is 0. The molecule has 26 heavy (non-hydrogen) atoms. The Hall–Kier alpha value is -2.10. The van der Waals surface area contributed by atoms with E-state index < -0.39 is 0 Å². The van der Waals surface area contributed by atoms with Crippen LogP contribution in [-0.2, 0) is 6.54 Å². The molecule has 3 N–H and O–H groups in total. The van der Waals surface area contributed by atoms with Crippen molar-refractivity contribution in [3.05, 3.63) is 53.7 Å². The van der Waals surface area contributed by atoms with Gasteiger partial charge in [-0.1, -0.05) is 6.07 Å². The van der Waals surface area contributed by atoms with E-state index in [1.807, 2.05) is 32.0 Å². The highest BCUT2D eigenvalue weighted by molar-refractivity contribution is 14.0. The molecule has 2 rings (SSSR count). The van der Waals surface area contributed by atoms with E-state index in [0.29, 0.717) is 25.4 Å². The lowest BCUT2D eigenvalue weighted by atomic mass is 10.2. The van der Waals surface area contributed by atoms with Crippen molar-refractivity contribution >= 4 is 35.8 Å². The van der Waals surface area contributed by atoms with Crippen molar-refractivity contribution in [3.8, 4) is 0 Å². The number of pyridine rings is 1. The molecule has 1 amide bonds. The fourth-order valence-electron chi connectivity index (χ4n) is 2.18. The van der Waals surface area contributed by atoms with E-state index in [2.05, 4.69) is 25.9 Å². The first kappa shape index (κ1) is 21.9. The number of rotatable bonds is 8. The van der Waals surface area contributed by atoms with Crippen molar-refractivity contribution in [3.63, 3.8) is 0 Å². The van der Waals surface area contributed by atoms with Crippen LogP contribution < -0.4 is 16.0 Å². The van der Waals surface area contributed by atoms with E-state index in [-0.39, 0.29) is 29.9 Å². The third-order valence-corrected chi connectivity index (χ3v) is 3.47. The van der Waals surface area contributed by atoms with Crippen molar-refractivity contribution in [2.45, 2.75) is 26.8 Å². The summed E-state index contributed by atoms with van der Waals surface area (Å²) in [5, 5.41) is 9.28. The summed E-state index contributed by atoms with van der Waals surface area (Å²) in [5.74, 6) is 0.929. The molecule has 0 aliphatic carbocycles. The normalized spacial score (nSPS) is 10.8. The maximum Gasteiger partial charge on any atom is 0.287 e. The molecule has 0 aliphatic rings. The minimum Gasteiger partial charge on any atom is -0.459 e. The van der Waals surface area contributed by atoms with Gasteiger partial charge in [0.2, 0.25) is 0 Å². The fraction of sp³-hybridized carbons (Fsp3) is 0.389. The second kappa shape index (κ2) is 12.3. The lowest BCUT2D eigenvalue weighted by Gasteiger charge is -2.11. The molecule has 0 spiro atoms. The second-order valence-electron chi connectivity index (χ2n) is 5.49. The predicted molar refractivity (Wildman–Crippen MR) is 113 cm³/mol. The molecular weight excluding hydrogens is 445 g/mol. The van der Waals surface area contributed by atoms with Crippen LogP contribution in [0.15, 0.2) is 46.1 Å². The van der Waals surface area contributed by atoms with Crippen LogP contribution in [0.2, 0.25) is 0 Å². The van der Waals surface area contributed by atoms with Gasteiger partial charge in [0.1, 0.15) is 0 Å². The first-order valence-corrected chi connectivity index (χ1v) is 8.45. The van der Waals surface area contributed by atoms with Crippen molar-refractivity contribution in [2.75, 3.05) is 19.6 Å². The summed E-state index contributed by atoms with van der Waals surface area (Å²) < 4.78 is 5.16. The minimum atomic E-state index is -0.182. The van der Waals surface area contributed by atoms with Crippen LogP contribution in [0.5, 0.6) is 0 Å². The Morgan fingerprint density at radius 1 is 1.19 bits per heavy atom. The summed E-state index contributed by atoms with van der Waals surface area (Å²) in [7, 11) is 0. The first-order valence-electron chi connectivity index (χ1n) is 8.45. The van der Waals surface area contributed by atoms with Gasteiger partial charge < -0.3 is 20.4 Å².